The Balaban J connectivity index is 1.60. The molecule has 1 fully saturated rings. The van der Waals surface area contributed by atoms with Crippen molar-refractivity contribution < 1.29 is 17.9 Å². The average Bonchev–Trinajstić information content (AvgIpc) is 2.70. The van der Waals surface area contributed by atoms with Gasteiger partial charge in [-0.2, -0.15) is 4.31 Å². The van der Waals surface area contributed by atoms with Gasteiger partial charge < -0.3 is 10.1 Å². The third-order valence-electron chi connectivity index (χ3n) is 4.93. The molecule has 1 N–H and O–H groups in total. The molecule has 29 heavy (non-hydrogen) atoms. The van der Waals surface area contributed by atoms with Crippen LogP contribution in [0.2, 0.25) is 0 Å². The van der Waals surface area contributed by atoms with Crippen molar-refractivity contribution in [2.75, 3.05) is 31.6 Å². The van der Waals surface area contributed by atoms with Crippen LogP contribution in [0.1, 0.15) is 23.1 Å². The minimum absolute atomic E-state index is 0.0662. The van der Waals surface area contributed by atoms with Crippen LogP contribution < -0.4 is 5.32 Å². The second-order valence-corrected chi connectivity index (χ2v) is 9.98. The molecule has 0 aliphatic carbocycles. The molecule has 1 heterocycles. The second-order valence-electron chi connectivity index (χ2n) is 7.12. The van der Waals surface area contributed by atoms with Crippen molar-refractivity contribution >= 4 is 37.5 Å². The molecule has 2 aromatic carbocycles. The van der Waals surface area contributed by atoms with Gasteiger partial charge in [0.25, 0.3) is 0 Å². The second kappa shape index (κ2) is 9.38. The average molecular weight is 481 g/mol. The Labute approximate surface area is 180 Å². The standard InChI is InChI=1S/C21H25BrN2O4S/c1-15-13-18(22)14-16(2)21(15)23-20(25)8-5-17-3-6-19(7-4-17)29(26,27)24-9-11-28-12-10-24/h3-4,6-7,13-14H,5,8-12H2,1-2H3,(H,23,25). The van der Waals surface area contributed by atoms with Crippen LogP contribution in [0.4, 0.5) is 5.69 Å². The number of anilines is 1. The third kappa shape index (κ3) is 5.45. The van der Waals surface area contributed by atoms with E-state index in [4.69, 9.17) is 4.74 Å². The Kier molecular flexibility index (Phi) is 7.10. The highest BCUT2D eigenvalue weighted by molar-refractivity contribution is 9.10. The number of halogens is 1. The summed E-state index contributed by atoms with van der Waals surface area (Å²) >= 11 is 3.45. The maximum atomic E-state index is 12.7. The molecule has 1 amide bonds. The fourth-order valence-corrected chi connectivity index (χ4v) is 5.43. The van der Waals surface area contributed by atoms with E-state index >= 15 is 0 Å². The van der Waals surface area contributed by atoms with E-state index in [0.29, 0.717) is 39.1 Å². The first-order chi connectivity index (χ1) is 13.8. The zero-order valence-electron chi connectivity index (χ0n) is 16.6. The molecule has 1 saturated heterocycles. The van der Waals surface area contributed by atoms with Crippen LogP contribution >= 0.6 is 15.9 Å². The smallest absolute Gasteiger partial charge is 0.243 e. The minimum atomic E-state index is -3.49. The molecule has 1 aliphatic rings. The van der Waals surface area contributed by atoms with Gasteiger partial charge in [-0.05, 0) is 61.2 Å². The maximum absolute atomic E-state index is 12.7. The van der Waals surface area contributed by atoms with Gasteiger partial charge in [-0.25, -0.2) is 8.42 Å². The van der Waals surface area contributed by atoms with Gasteiger partial charge in [-0.15, -0.1) is 0 Å². The number of amides is 1. The summed E-state index contributed by atoms with van der Waals surface area (Å²) in [6.45, 7) is 5.51. The molecule has 0 atom stereocenters. The van der Waals surface area contributed by atoms with Crippen LogP contribution in [0.3, 0.4) is 0 Å². The van der Waals surface area contributed by atoms with Crippen molar-refractivity contribution in [3.05, 3.63) is 57.6 Å². The van der Waals surface area contributed by atoms with E-state index in [2.05, 4.69) is 21.2 Å². The number of benzene rings is 2. The summed E-state index contributed by atoms with van der Waals surface area (Å²) in [6, 6.07) is 10.7. The molecule has 0 radical (unpaired) electrons. The summed E-state index contributed by atoms with van der Waals surface area (Å²) in [5.41, 5.74) is 3.77. The highest BCUT2D eigenvalue weighted by Gasteiger charge is 2.26. The lowest BCUT2D eigenvalue weighted by molar-refractivity contribution is -0.116. The number of rotatable bonds is 6. The first-order valence-electron chi connectivity index (χ1n) is 9.51. The maximum Gasteiger partial charge on any atom is 0.243 e. The fourth-order valence-electron chi connectivity index (χ4n) is 3.33. The zero-order valence-corrected chi connectivity index (χ0v) is 19.0. The van der Waals surface area contributed by atoms with Gasteiger partial charge >= 0.3 is 0 Å². The van der Waals surface area contributed by atoms with Crippen LogP contribution in [0.25, 0.3) is 0 Å². The summed E-state index contributed by atoms with van der Waals surface area (Å²) in [4.78, 5) is 12.6. The molecule has 6 nitrogen and oxygen atoms in total. The van der Waals surface area contributed by atoms with E-state index in [0.717, 1.165) is 26.9 Å². The Morgan fingerprint density at radius 3 is 2.28 bits per heavy atom. The van der Waals surface area contributed by atoms with Gasteiger partial charge in [-0.1, -0.05) is 28.1 Å². The number of aryl methyl sites for hydroxylation is 3. The van der Waals surface area contributed by atoms with E-state index in [1.807, 2.05) is 26.0 Å². The van der Waals surface area contributed by atoms with Crippen molar-refractivity contribution in [1.29, 1.82) is 0 Å². The molecule has 0 aromatic heterocycles. The number of ether oxygens (including phenoxy) is 1. The van der Waals surface area contributed by atoms with Gasteiger partial charge in [0, 0.05) is 29.7 Å². The summed E-state index contributed by atoms with van der Waals surface area (Å²) in [5.74, 6) is -0.0662. The molecule has 8 heteroatoms. The molecular weight excluding hydrogens is 456 g/mol. The molecule has 1 aliphatic heterocycles. The molecule has 0 bridgehead atoms. The number of nitrogens with one attached hydrogen (secondary N) is 1. The zero-order chi connectivity index (χ0) is 21.0. The summed E-state index contributed by atoms with van der Waals surface area (Å²) in [7, 11) is -3.49. The Morgan fingerprint density at radius 2 is 1.69 bits per heavy atom. The Hall–Kier alpha value is -1.74. The number of sulfonamides is 1. The predicted octanol–water partition coefficient (Wildman–Crippen LogP) is 3.66. The molecule has 0 saturated carbocycles. The van der Waals surface area contributed by atoms with Crippen molar-refractivity contribution in [3.63, 3.8) is 0 Å². The lowest BCUT2D eigenvalue weighted by Gasteiger charge is -2.26. The molecule has 0 unspecified atom stereocenters. The quantitative estimate of drug-likeness (QED) is 0.684. The van der Waals surface area contributed by atoms with Gasteiger partial charge in [0.1, 0.15) is 0 Å². The number of carbonyl (C=O) groups is 1. The van der Waals surface area contributed by atoms with Gasteiger partial charge in [0.2, 0.25) is 15.9 Å². The Bertz CT molecular complexity index is 961. The van der Waals surface area contributed by atoms with E-state index in [-0.39, 0.29) is 10.8 Å². The first kappa shape index (κ1) is 22.0. The van der Waals surface area contributed by atoms with Gasteiger partial charge in [0.05, 0.1) is 18.1 Å². The van der Waals surface area contributed by atoms with Crippen LogP contribution in [-0.2, 0) is 26.0 Å². The molecule has 3 rings (SSSR count). The highest BCUT2D eigenvalue weighted by atomic mass is 79.9. The molecular formula is C21H25BrN2O4S. The third-order valence-corrected chi connectivity index (χ3v) is 7.30. The summed E-state index contributed by atoms with van der Waals surface area (Å²) in [5, 5.41) is 2.98. The van der Waals surface area contributed by atoms with Crippen LogP contribution in [0.5, 0.6) is 0 Å². The monoisotopic (exact) mass is 480 g/mol. The minimum Gasteiger partial charge on any atom is -0.379 e. The van der Waals surface area contributed by atoms with Crippen LogP contribution in [0, 0.1) is 13.8 Å². The van der Waals surface area contributed by atoms with E-state index in [9.17, 15) is 13.2 Å². The van der Waals surface area contributed by atoms with Crippen molar-refractivity contribution in [1.82, 2.24) is 4.31 Å². The number of hydrogen-bond acceptors (Lipinski definition) is 4. The lowest BCUT2D eigenvalue weighted by atomic mass is 10.1. The molecule has 2 aromatic rings. The topological polar surface area (TPSA) is 75.7 Å². The Morgan fingerprint density at radius 1 is 1.10 bits per heavy atom. The van der Waals surface area contributed by atoms with Crippen molar-refractivity contribution in [3.8, 4) is 0 Å². The van der Waals surface area contributed by atoms with Gasteiger partial charge in [0.15, 0.2) is 0 Å². The SMILES string of the molecule is Cc1cc(Br)cc(C)c1NC(=O)CCc1ccc(S(=O)(=O)N2CCOCC2)cc1. The predicted molar refractivity (Wildman–Crippen MR) is 117 cm³/mol. The largest absolute Gasteiger partial charge is 0.379 e. The number of nitrogens with zero attached hydrogens (tertiary/aromatic N) is 1. The first-order valence-corrected chi connectivity index (χ1v) is 11.7. The van der Waals surface area contributed by atoms with E-state index < -0.39 is 10.0 Å². The number of hydrogen-bond donors (Lipinski definition) is 1. The number of carbonyl (C=O) groups excluding carboxylic acids is 1. The summed E-state index contributed by atoms with van der Waals surface area (Å²) < 4.78 is 33.0. The molecule has 0 spiro atoms. The van der Waals surface area contributed by atoms with Crippen molar-refractivity contribution in [2.24, 2.45) is 0 Å². The molecule has 156 valence electrons. The summed E-state index contributed by atoms with van der Waals surface area (Å²) in [6.07, 6.45) is 0.864. The van der Waals surface area contributed by atoms with E-state index in [1.165, 1.54) is 4.31 Å². The van der Waals surface area contributed by atoms with E-state index in [1.54, 1.807) is 24.3 Å². The highest BCUT2D eigenvalue weighted by Crippen LogP contribution is 2.25. The van der Waals surface area contributed by atoms with Crippen molar-refractivity contribution in [2.45, 2.75) is 31.6 Å². The van der Waals surface area contributed by atoms with Crippen LogP contribution in [-0.4, -0.2) is 44.9 Å². The normalized spacial score (nSPS) is 15.3. The fraction of sp³-hybridized carbons (Fsp3) is 0.381. The van der Waals surface area contributed by atoms with Gasteiger partial charge in [-0.3, -0.25) is 4.79 Å². The number of morpholine rings is 1. The van der Waals surface area contributed by atoms with Crippen LogP contribution in [0.15, 0.2) is 45.8 Å². The lowest BCUT2D eigenvalue weighted by Crippen LogP contribution is -2.40.